The van der Waals surface area contributed by atoms with Crippen LogP contribution in [0, 0.1) is 0 Å². The predicted octanol–water partition coefficient (Wildman–Crippen LogP) is 3.88. The van der Waals surface area contributed by atoms with Crippen molar-refractivity contribution in [3.8, 4) is 0 Å². The molecule has 4 rings (SSSR count). The van der Waals surface area contributed by atoms with Crippen molar-refractivity contribution in [1.29, 1.82) is 0 Å². The Morgan fingerprint density at radius 3 is 2.58 bits per heavy atom. The Labute approximate surface area is 182 Å². The SMILES string of the molecule is CCN(CC)CCn1ccc2cc(NC(=O)c3ccc(Cn4cncn4)cc3)ccc21. The molecule has 0 spiro atoms. The minimum Gasteiger partial charge on any atom is -0.346 e. The zero-order valence-corrected chi connectivity index (χ0v) is 18.0. The molecule has 0 saturated carbocycles. The summed E-state index contributed by atoms with van der Waals surface area (Å²) in [5.74, 6) is -0.118. The number of aromatic nitrogens is 4. The third kappa shape index (κ3) is 5.00. The number of benzene rings is 2. The van der Waals surface area contributed by atoms with Crippen molar-refractivity contribution >= 4 is 22.5 Å². The number of carbonyl (C=O) groups excluding carboxylic acids is 1. The smallest absolute Gasteiger partial charge is 0.255 e. The molecule has 160 valence electrons. The Balaban J connectivity index is 1.40. The number of amides is 1. The van der Waals surface area contributed by atoms with Crippen LogP contribution in [-0.4, -0.2) is 49.8 Å². The van der Waals surface area contributed by atoms with E-state index in [9.17, 15) is 4.79 Å². The van der Waals surface area contributed by atoms with Gasteiger partial charge < -0.3 is 14.8 Å². The second-order valence-corrected chi connectivity index (χ2v) is 7.55. The Morgan fingerprint density at radius 1 is 1.06 bits per heavy atom. The number of anilines is 1. The van der Waals surface area contributed by atoms with Crippen molar-refractivity contribution in [1.82, 2.24) is 24.2 Å². The maximum atomic E-state index is 12.7. The van der Waals surface area contributed by atoms with E-state index in [1.54, 1.807) is 11.0 Å². The van der Waals surface area contributed by atoms with Crippen LogP contribution in [0.25, 0.3) is 10.9 Å². The van der Waals surface area contributed by atoms with E-state index in [0.717, 1.165) is 42.8 Å². The van der Waals surface area contributed by atoms with Crippen LogP contribution in [0.3, 0.4) is 0 Å². The summed E-state index contributed by atoms with van der Waals surface area (Å²) in [4.78, 5) is 19.0. The quantitative estimate of drug-likeness (QED) is 0.450. The van der Waals surface area contributed by atoms with Crippen molar-refractivity contribution < 1.29 is 4.79 Å². The van der Waals surface area contributed by atoms with Crippen LogP contribution in [0.4, 0.5) is 5.69 Å². The van der Waals surface area contributed by atoms with Crippen molar-refractivity contribution in [3.05, 3.63) is 78.5 Å². The van der Waals surface area contributed by atoms with E-state index in [0.29, 0.717) is 12.1 Å². The van der Waals surface area contributed by atoms with Crippen LogP contribution in [0.15, 0.2) is 67.4 Å². The minimum atomic E-state index is -0.118. The molecule has 0 fully saturated rings. The molecule has 0 aliphatic rings. The van der Waals surface area contributed by atoms with Gasteiger partial charge in [0.05, 0.1) is 6.54 Å². The molecular weight excluding hydrogens is 388 g/mol. The number of carbonyl (C=O) groups is 1. The van der Waals surface area contributed by atoms with E-state index in [4.69, 9.17) is 0 Å². The molecule has 0 unspecified atom stereocenters. The lowest BCUT2D eigenvalue weighted by Crippen LogP contribution is -2.26. The van der Waals surface area contributed by atoms with Gasteiger partial charge in [-0.1, -0.05) is 26.0 Å². The number of rotatable bonds is 9. The summed E-state index contributed by atoms with van der Waals surface area (Å²) < 4.78 is 4.02. The fourth-order valence-electron chi connectivity index (χ4n) is 3.73. The van der Waals surface area contributed by atoms with Crippen LogP contribution >= 0.6 is 0 Å². The average molecular weight is 417 g/mol. The number of nitrogens with zero attached hydrogens (tertiary/aromatic N) is 5. The number of likely N-dealkylation sites (N-methyl/N-ethyl adjacent to an activating group) is 1. The minimum absolute atomic E-state index is 0.118. The third-order valence-corrected chi connectivity index (χ3v) is 5.61. The van der Waals surface area contributed by atoms with Gasteiger partial charge in [-0.15, -0.1) is 0 Å². The van der Waals surface area contributed by atoms with Gasteiger partial charge in [-0.05, 0) is 55.1 Å². The van der Waals surface area contributed by atoms with E-state index < -0.39 is 0 Å². The highest BCUT2D eigenvalue weighted by Gasteiger charge is 2.09. The molecule has 2 heterocycles. The molecule has 1 amide bonds. The Morgan fingerprint density at radius 2 is 1.87 bits per heavy atom. The number of nitrogens with one attached hydrogen (secondary N) is 1. The summed E-state index contributed by atoms with van der Waals surface area (Å²) in [6.07, 6.45) is 5.30. The normalized spacial score (nSPS) is 11.3. The monoisotopic (exact) mass is 416 g/mol. The van der Waals surface area contributed by atoms with Crippen LogP contribution in [0.2, 0.25) is 0 Å². The van der Waals surface area contributed by atoms with Crippen LogP contribution in [-0.2, 0) is 13.1 Å². The summed E-state index contributed by atoms with van der Waals surface area (Å²) in [6, 6.07) is 15.7. The highest BCUT2D eigenvalue weighted by Crippen LogP contribution is 2.21. The van der Waals surface area contributed by atoms with Crippen LogP contribution in [0.1, 0.15) is 29.8 Å². The second kappa shape index (κ2) is 9.57. The first-order chi connectivity index (χ1) is 15.2. The highest BCUT2D eigenvalue weighted by molar-refractivity contribution is 6.05. The largest absolute Gasteiger partial charge is 0.346 e. The van der Waals surface area contributed by atoms with Gasteiger partial charge in [0.1, 0.15) is 12.7 Å². The lowest BCUT2D eigenvalue weighted by Gasteiger charge is -2.18. The van der Waals surface area contributed by atoms with Gasteiger partial charge in [-0.25, -0.2) is 9.67 Å². The molecule has 2 aromatic carbocycles. The zero-order chi connectivity index (χ0) is 21.6. The maximum absolute atomic E-state index is 12.7. The fourth-order valence-corrected chi connectivity index (χ4v) is 3.73. The molecule has 0 aliphatic carbocycles. The van der Waals surface area contributed by atoms with Gasteiger partial charge in [-0.2, -0.15) is 5.10 Å². The maximum Gasteiger partial charge on any atom is 0.255 e. The van der Waals surface area contributed by atoms with E-state index >= 15 is 0 Å². The molecule has 1 N–H and O–H groups in total. The number of fused-ring (bicyclic) bond motifs is 1. The molecule has 0 atom stereocenters. The van der Waals surface area contributed by atoms with Crippen molar-refractivity contribution in [2.24, 2.45) is 0 Å². The fraction of sp³-hybridized carbons (Fsp3) is 0.292. The van der Waals surface area contributed by atoms with Gasteiger partial charge in [0.2, 0.25) is 0 Å². The summed E-state index contributed by atoms with van der Waals surface area (Å²) in [5, 5.41) is 8.24. The Bertz CT molecular complexity index is 1130. The number of hydrogen-bond donors (Lipinski definition) is 1. The van der Waals surface area contributed by atoms with E-state index in [1.165, 1.54) is 11.8 Å². The molecule has 0 radical (unpaired) electrons. The van der Waals surface area contributed by atoms with E-state index in [1.807, 2.05) is 36.4 Å². The second-order valence-electron chi connectivity index (χ2n) is 7.55. The van der Waals surface area contributed by atoms with Crippen molar-refractivity contribution in [3.63, 3.8) is 0 Å². The predicted molar refractivity (Wildman–Crippen MR) is 123 cm³/mol. The molecular formula is C24H28N6O. The van der Waals surface area contributed by atoms with Gasteiger partial charge in [0.25, 0.3) is 5.91 Å². The first-order valence-corrected chi connectivity index (χ1v) is 10.7. The topological polar surface area (TPSA) is 68.0 Å². The lowest BCUT2D eigenvalue weighted by atomic mass is 10.1. The van der Waals surface area contributed by atoms with Gasteiger partial charge in [0, 0.05) is 41.4 Å². The summed E-state index contributed by atoms with van der Waals surface area (Å²) in [6.45, 7) is 9.12. The zero-order valence-electron chi connectivity index (χ0n) is 18.0. The van der Waals surface area contributed by atoms with Gasteiger partial charge >= 0.3 is 0 Å². The van der Waals surface area contributed by atoms with Crippen LogP contribution < -0.4 is 5.32 Å². The van der Waals surface area contributed by atoms with E-state index in [-0.39, 0.29) is 5.91 Å². The highest BCUT2D eigenvalue weighted by atomic mass is 16.1. The summed E-state index contributed by atoms with van der Waals surface area (Å²) >= 11 is 0. The molecule has 2 aromatic heterocycles. The van der Waals surface area contributed by atoms with Gasteiger partial charge in [-0.3, -0.25) is 4.79 Å². The summed E-state index contributed by atoms with van der Waals surface area (Å²) in [7, 11) is 0. The standard InChI is InChI=1S/C24H28N6O/c1-3-28(4-2)13-14-29-12-11-21-15-22(9-10-23(21)29)27-24(31)20-7-5-19(6-8-20)16-30-18-25-17-26-30/h5-12,15,17-18H,3-4,13-14,16H2,1-2H3,(H,27,31). The molecule has 0 aliphatic heterocycles. The van der Waals surface area contributed by atoms with Crippen molar-refractivity contribution in [2.75, 3.05) is 25.0 Å². The lowest BCUT2D eigenvalue weighted by molar-refractivity contribution is 0.102. The number of hydrogen-bond acceptors (Lipinski definition) is 4. The first-order valence-electron chi connectivity index (χ1n) is 10.7. The Kier molecular flexibility index (Phi) is 6.43. The van der Waals surface area contributed by atoms with E-state index in [2.05, 4.69) is 57.0 Å². The third-order valence-electron chi connectivity index (χ3n) is 5.61. The van der Waals surface area contributed by atoms with Crippen LogP contribution in [0.5, 0.6) is 0 Å². The first kappa shape index (κ1) is 20.8. The summed E-state index contributed by atoms with van der Waals surface area (Å²) in [5.41, 5.74) is 3.67. The van der Waals surface area contributed by atoms with Gasteiger partial charge in [0.15, 0.2) is 0 Å². The molecule has 0 saturated heterocycles. The average Bonchev–Trinajstić information content (AvgIpc) is 3.44. The molecule has 0 bridgehead atoms. The molecule has 31 heavy (non-hydrogen) atoms. The van der Waals surface area contributed by atoms with Crippen molar-refractivity contribution in [2.45, 2.75) is 26.9 Å². The molecule has 7 heteroatoms. The molecule has 4 aromatic rings. The Hall–Kier alpha value is -3.45. The molecule has 7 nitrogen and oxygen atoms in total.